The summed E-state index contributed by atoms with van der Waals surface area (Å²) in [6, 6.07) is 9.91. The largest absolute Gasteiger partial charge is 0.271 e. The zero-order chi connectivity index (χ0) is 16.8. The van der Waals surface area contributed by atoms with E-state index in [-0.39, 0.29) is 23.8 Å². The van der Waals surface area contributed by atoms with E-state index in [0.717, 1.165) is 12.1 Å². The molecule has 1 saturated carbocycles. The predicted molar refractivity (Wildman–Crippen MR) is 83.7 cm³/mol. The topological polar surface area (TPSA) is 37.4 Å². The lowest BCUT2D eigenvalue weighted by Crippen LogP contribution is -2.38. The van der Waals surface area contributed by atoms with Crippen LogP contribution >= 0.6 is 0 Å². The fourth-order valence-corrected chi connectivity index (χ4v) is 3.84. The third-order valence-corrected chi connectivity index (χ3v) is 4.99. The van der Waals surface area contributed by atoms with Gasteiger partial charge in [-0.1, -0.05) is 12.1 Å². The van der Waals surface area contributed by atoms with Crippen LogP contribution in [-0.2, 0) is 0 Å². The summed E-state index contributed by atoms with van der Waals surface area (Å²) >= 11 is 0. The van der Waals surface area contributed by atoms with Gasteiger partial charge in [0.05, 0.1) is 11.1 Å². The van der Waals surface area contributed by atoms with Gasteiger partial charge in [0, 0.05) is 6.04 Å². The molecular formula is C19H15F2NO2. The molecular weight excluding hydrogens is 312 g/mol. The summed E-state index contributed by atoms with van der Waals surface area (Å²) < 4.78 is 27.4. The number of rotatable bonds is 2. The molecule has 0 N–H and O–H groups in total. The second-order valence-electron chi connectivity index (χ2n) is 6.36. The van der Waals surface area contributed by atoms with Crippen molar-refractivity contribution in [2.45, 2.75) is 31.2 Å². The van der Waals surface area contributed by atoms with Crippen LogP contribution in [0, 0.1) is 11.6 Å². The molecule has 2 aromatic carbocycles. The number of benzene rings is 2. The second-order valence-corrected chi connectivity index (χ2v) is 6.36. The predicted octanol–water partition coefficient (Wildman–Crippen LogP) is 3.90. The van der Waals surface area contributed by atoms with Crippen molar-refractivity contribution in [3.05, 3.63) is 70.8 Å². The minimum atomic E-state index is -0.476. The first kappa shape index (κ1) is 15.0. The van der Waals surface area contributed by atoms with E-state index >= 15 is 0 Å². The molecule has 1 fully saturated rings. The lowest BCUT2D eigenvalue weighted by atomic mass is 9.96. The van der Waals surface area contributed by atoms with E-state index in [9.17, 15) is 18.4 Å². The molecule has 2 aromatic rings. The van der Waals surface area contributed by atoms with E-state index < -0.39 is 11.6 Å². The normalized spacial score (nSPS) is 23.0. The smallest absolute Gasteiger partial charge is 0.261 e. The number of amides is 2. The Bertz CT molecular complexity index is 814. The van der Waals surface area contributed by atoms with Crippen molar-refractivity contribution in [3.63, 3.8) is 0 Å². The first-order chi connectivity index (χ1) is 11.6. The summed E-state index contributed by atoms with van der Waals surface area (Å²) in [5.74, 6) is -1.68. The maximum atomic E-state index is 14.0. The number of hydrogen-bond acceptors (Lipinski definition) is 2. The van der Waals surface area contributed by atoms with Crippen molar-refractivity contribution in [2.24, 2.45) is 0 Å². The summed E-state index contributed by atoms with van der Waals surface area (Å²) in [4.78, 5) is 26.4. The molecule has 2 aliphatic rings. The van der Waals surface area contributed by atoms with Crippen LogP contribution in [0.25, 0.3) is 0 Å². The highest BCUT2D eigenvalue weighted by molar-refractivity contribution is 6.21. The maximum absolute atomic E-state index is 14.0. The fourth-order valence-electron chi connectivity index (χ4n) is 3.84. The monoisotopic (exact) mass is 327 g/mol. The van der Waals surface area contributed by atoms with Crippen LogP contribution in [0.4, 0.5) is 8.78 Å². The quantitative estimate of drug-likeness (QED) is 0.785. The van der Waals surface area contributed by atoms with Crippen LogP contribution in [-0.4, -0.2) is 22.8 Å². The van der Waals surface area contributed by atoms with Gasteiger partial charge in [0.2, 0.25) is 0 Å². The third-order valence-electron chi connectivity index (χ3n) is 4.99. The zero-order valence-electron chi connectivity index (χ0n) is 12.8. The highest BCUT2D eigenvalue weighted by Gasteiger charge is 2.42. The Balaban J connectivity index is 1.59. The van der Waals surface area contributed by atoms with Gasteiger partial charge in [0.15, 0.2) is 0 Å². The molecule has 0 spiro atoms. The minimum Gasteiger partial charge on any atom is -0.271 e. The molecule has 2 amide bonds. The van der Waals surface area contributed by atoms with Crippen molar-refractivity contribution in [2.75, 3.05) is 0 Å². The highest BCUT2D eigenvalue weighted by atomic mass is 19.1. The summed E-state index contributed by atoms with van der Waals surface area (Å²) in [6.07, 6.45) is 1.69. The van der Waals surface area contributed by atoms with Gasteiger partial charge < -0.3 is 0 Å². The summed E-state index contributed by atoms with van der Waals surface area (Å²) in [6.45, 7) is 0. The van der Waals surface area contributed by atoms with Crippen molar-refractivity contribution in [1.29, 1.82) is 0 Å². The Kier molecular flexibility index (Phi) is 3.44. The Morgan fingerprint density at radius 2 is 1.58 bits per heavy atom. The standard InChI is InChI=1S/C19H15F2NO2/c20-12-6-8-17(21)16(10-12)11-5-7-13(9-11)22-18(23)14-3-1-2-4-15(14)19(22)24/h1-4,6,8,10-11,13H,5,7,9H2. The van der Waals surface area contributed by atoms with E-state index in [4.69, 9.17) is 0 Å². The molecule has 122 valence electrons. The maximum Gasteiger partial charge on any atom is 0.261 e. The Morgan fingerprint density at radius 3 is 2.25 bits per heavy atom. The van der Waals surface area contributed by atoms with Crippen LogP contribution < -0.4 is 0 Å². The lowest BCUT2D eigenvalue weighted by molar-refractivity contribution is 0.0586. The molecule has 3 nitrogen and oxygen atoms in total. The summed E-state index contributed by atoms with van der Waals surface area (Å²) in [5, 5.41) is 0. The van der Waals surface area contributed by atoms with E-state index in [1.165, 1.54) is 11.0 Å². The molecule has 5 heteroatoms. The Labute approximate surface area is 137 Å². The van der Waals surface area contributed by atoms with Crippen LogP contribution in [0.2, 0.25) is 0 Å². The number of nitrogens with zero attached hydrogens (tertiary/aromatic N) is 1. The van der Waals surface area contributed by atoms with Crippen LogP contribution in [0.15, 0.2) is 42.5 Å². The molecule has 0 aromatic heterocycles. The van der Waals surface area contributed by atoms with E-state index in [2.05, 4.69) is 0 Å². The molecule has 1 heterocycles. The third kappa shape index (κ3) is 2.23. The molecule has 2 atom stereocenters. The van der Waals surface area contributed by atoms with Crippen molar-refractivity contribution in [1.82, 2.24) is 4.90 Å². The minimum absolute atomic E-state index is 0.185. The molecule has 1 aliphatic carbocycles. The van der Waals surface area contributed by atoms with E-state index in [0.29, 0.717) is 36.0 Å². The molecule has 0 saturated heterocycles. The van der Waals surface area contributed by atoms with E-state index in [1.807, 2.05) is 0 Å². The molecule has 0 bridgehead atoms. The van der Waals surface area contributed by atoms with Crippen LogP contribution in [0.1, 0.15) is 51.5 Å². The van der Waals surface area contributed by atoms with E-state index in [1.54, 1.807) is 24.3 Å². The van der Waals surface area contributed by atoms with Gasteiger partial charge in [-0.3, -0.25) is 14.5 Å². The van der Waals surface area contributed by atoms with Gasteiger partial charge in [-0.2, -0.15) is 0 Å². The molecule has 2 unspecified atom stereocenters. The molecule has 24 heavy (non-hydrogen) atoms. The van der Waals surface area contributed by atoms with Gasteiger partial charge in [-0.25, -0.2) is 8.78 Å². The highest BCUT2D eigenvalue weighted by Crippen LogP contribution is 2.40. The number of hydrogen-bond donors (Lipinski definition) is 0. The molecule has 0 radical (unpaired) electrons. The Hall–Kier alpha value is -2.56. The summed E-state index contributed by atoms with van der Waals surface area (Å²) in [5.41, 5.74) is 1.17. The van der Waals surface area contributed by atoms with Gasteiger partial charge in [-0.15, -0.1) is 0 Å². The van der Waals surface area contributed by atoms with Gasteiger partial charge in [0.1, 0.15) is 11.6 Å². The lowest BCUT2D eigenvalue weighted by Gasteiger charge is -2.22. The van der Waals surface area contributed by atoms with Gasteiger partial charge >= 0.3 is 0 Å². The van der Waals surface area contributed by atoms with Gasteiger partial charge in [-0.05, 0) is 61.1 Å². The average molecular weight is 327 g/mol. The van der Waals surface area contributed by atoms with Crippen LogP contribution in [0.5, 0.6) is 0 Å². The number of halogens is 2. The Morgan fingerprint density at radius 1 is 0.917 bits per heavy atom. The number of imide groups is 1. The zero-order valence-corrected chi connectivity index (χ0v) is 12.8. The average Bonchev–Trinajstić information content (AvgIpc) is 3.14. The number of carbonyl (C=O) groups excluding carboxylic acids is 2. The molecule has 4 rings (SSSR count). The van der Waals surface area contributed by atoms with Crippen LogP contribution in [0.3, 0.4) is 0 Å². The fraction of sp³-hybridized carbons (Fsp3) is 0.263. The van der Waals surface area contributed by atoms with Crippen molar-refractivity contribution in [3.8, 4) is 0 Å². The van der Waals surface area contributed by atoms with Gasteiger partial charge in [0.25, 0.3) is 11.8 Å². The number of fused-ring (bicyclic) bond motifs is 1. The first-order valence-electron chi connectivity index (χ1n) is 7.98. The summed E-state index contributed by atoms with van der Waals surface area (Å²) in [7, 11) is 0. The number of carbonyl (C=O) groups is 2. The molecule has 1 aliphatic heterocycles. The second kappa shape index (κ2) is 5.51. The van der Waals surface area contributed by atoms with Crippen molar-refractivity contribution >= 4 is 11.8 Å². The SMILES string of the molecule is O=C1c2ccccc2C(=O)N1C1CCC(c2cc(F)ccc2F)C1. The first-order valence-corrected chi connectivity index (χ1v) is 7.98. The van der Waals surface area contributed by atoms with Crippen molar-refractivity contribution < 1.29 is 18.4 Å².